The first kappa shape index (κ1) is 60.0. The summed E-state index contributed by atoms with van der Waals surface area (Å²) in [5, 5.41) is 26.5. The third-order valence-corrected chi connectivity index (χ3v) is 14.7. The van der Waals surface area contributed by atoms with E-state index in [1.807, 2.05) is 0 Å². The number of nitrogens with one attached hydrogen (secondary N) is 2. The van der Waals surface area contributed by atoms with Crippen LogP contribution in [0.25, 0.3) is 11.2 Å². The van der Waals surface area contributed by atoms with Crippen molar-refractivity contribution in [2.75, 3.05) is 32.0 Å². The number of benzene rings is 1. The van der Waals surface area contributed by atoms with E-state index in [4.69, 9.17) is 10.5 Å². The van der Waals surface area contributed by atoms with Crippen LogP contribution in [-0.2, 0) is 63.5 Å². The average molecular weight is 1060 g/mol. The summed E-state index contributed by atoms with van der Waals surface area (Å²) in [6.07, 6.45) is 1.38. The Morgan fingerprint density at radius 3 is 2.13 bits per heavy atom. The van der Waals surface area contributed by atoms with E-state index in [9.17, 15) is 57.9 Å². The molecule has 1 aliphatic heterocycles. The molecule has 7 atom stereocenters. The molecule has 71 heavy (non-hydrogen) atoms. The first-order valence-corrected chi connectivity index (χ1v) is 27.7. The molecule has 1 saturated heterocycles. The molecule has 24 nitrogen and oxygen atoms in total. The number of nitrogens with two attached hydrogens (primary N) is 1. The Balaban J connectivity index is 1.13. The SMILES string of the molecule is CC(C)(C)CCCCc1cccc(CCCCC(C)(C)CC(=O)CCNC(=O)CCNC(=O)C(O)C(C)(C)COP(=O)([O-])OP(=O)([O-])OCC2OC(n3cnc4c(N)ncnc43)C(O)C2OP(=O)([O-])[O-])c1. The number of ether oxygens (including phenoxy) is 1. The molecule has 2 aromatic heterocycles. The van der Waals surface area contributed by atoms with Gasteiger partial charge in [0, 0.05) is 37.8 Å². The van der Waals surface area contributed by atoms with Crippen LogP contribution in [0.1, 0.15) is 124 Å². The number of nitrogens with zero attached hydrogens (tertiary/aromatic N) is 4. The lowest BCUT2D eigenvalue weighted by Gasteiger charge is -2.36. The highest BCUT2D eigenvalue weighted by Crippen LogP contribution is 2.56. The molecule has 1 aliphatic rings. The van der Waals surface area contributed by atoms with Gasteiger partial charge in [-0.2, -0.15) is 0 Å². The smallest absolute Gasteiger partial charge is 0.274 e. The minimum atomic E-state index is -5.93. The van der Waals surface area contributed by atoms with Crippen molar-refractivity contribution in [3.05, 3.63) is 48.0 Å². The zero-order valence-electron chi connectivity index (χ0n) is 41.2. The van der Waals surface area contributed by atoms with Gasteiger partial charge in [-0.3, -0.25) is 28.1 Å². The number of unbranched alkanes of at least 4 members (excludes halogenated alkanes) is 2. The Bertz CT molecular complexity index is 2410. The summed E-state index contributed by atoms with van der Waals surface area (Å²) in [4.78, 5) is 97.9. The molecule has 7 unspecified atom stereocenters. The maximum atomic E-state index is 12.8. The van der Waals surface area contributed by atoms with E-state index < -0.39 is 84.6 Å². The van der Waals surface area contributed by atoms with Crippen LogP contribution in [0, 0.1) is 16.2 Å². The van der Waals surface area contributed by atoms with Crippen LogP contribution in [0.3, 0.4) is 0 Å². The quantitative estimate of drug-likeness (QED) is 0.0473. The van der Waals surface area contributed by atoms with E-state index in [-0.39, 0.29) is 54.1 Å². The van der Waals surface area contributed by atoms with Crippen LogP contribution in [0.4, 0.5) is 5.82 Å². The molecule has 1 fully saturated rings. The molecule has 27 heteroatoms. The van der Waals surface area contributed by atoms with Gasteiger partial charge in [0.1, 0.15) is 42.0 Å². The maximum absolute atomic E-state index is 12.8. The first-order chi connectivity index (χ1) is 32.9. The van der Waals surface area contributed by atoms with Crippen molar-refractivity contribution >= 4 is 58.0 Å². The summed E-state index contributed by atoms with van der Waals surface area (Å²) in [5.74, 6) is -1.56. The number of fused-ring (bicyclic) bond motifs is 1. The number of aromatic nitrogens is 4. The second kappa shape index (κ2) is 25.6. The average Bonchev–Trinajstić information content (AvgIpc) is 3.81. The Morgan fingerprint density at radius 1 is 0.873 bits per heavy atom. The largest absolute Gasteiger partial charge is 0.790 e. The predicted molar refractivity (Wildman–Crippen MR) is 250 cm³/mol. The van der Waals surface area contributed by atoms with E-state index in [0.717, 1.165) is 49.3 Å². The van der Waals surface area contributed by atoms with Crippen molar-refractivity contribution in [1.29, 1.82) is 0 Å². The van der Waals surface area contributed by atoms with Crippen LogP contribution in [0.15, 0.2) is 36.9 Å². The van der Waals surface area contributed by atoms with E-state index in [1.165, 1.54) is 44.2 Å². The lowest BCUT2D eigenvalue weighted by Crippen LogP contribution is -2.46. The van der Waals surface area contributed by atoms with Gasteiger partial charge >= 0.3 is 0 Å². The third kappa shape index (κ3) is 20.3. The van der Waals surface area contributed by atoms with Crippen molar-refractivity contribution in [2.45, 2.75) is 150 Å². The summed E-state index contributed by atoms with van der Waals surface area (Å²) in [5.41, 5.74) is 6.92. The number of Topliss-reactive ketones (excluding diaryl/α,β-unsaturated/α-hetero) is 1. The Hall–Kier alpha value is -3.57. The molecule has 0 aliphatic carbocycles. The van der Waals surface area contributed by atoms with Crippen LogP contribution < -0.4 is 35.9 Å². The number of amides is 2. The number of carbonyl (C=O) groups excluding carboxylic acids is 3. The summed E-state index contributed by atoms with van der Waals surface area (Å²) in [6.45, 7) is 10.9. The molecule has 0 spiro atoms. The molecule has 0 bridgehead atoms. The number of anilines is 1. The molecule has 4 rings (SSSR count). The molecule has 6 N–H and O–H groups in total. The zero-order chi connectivity index (χ0) is 53.0. The Labute approximate surface area is 413 Å². The number of nitrogen functional groups attached to an aromatic ring is 1. The summed E-state index contributed by atoms with van der Waals surface area (Å²) in [6, 6.07) is 8.79. The molecule has 3 aromatic rings. The molecule has 2 amide bonds. The van der Waals surface area contributed by atoms with Gasteiger partial charge < -0.3 is 69.0 Å². The summed E-state index contributed by atoms with van der Waals surface area (Å²) >= 11 is 0. The highest BCUT2D eigenvalue weighted by molar-refractivity contribution is 7.59. The van der Waals surface area contributed by atoms with Crippen molar-refractivity contribution in [1.82, 2.24) is 30.2 Å². The molecule has 1 aromatic carbocycles. The lowest BCUT2D eigenvalue weighted by atomic mass is 9.81. The normalized spacial score (nSPS) is 20.1. The number of rotatable bonds is 30. The van der Waals surface area contributed by atoms with E-state index in [1.54, 1.807) is 0 Å². The number of aryl methyl sites for hydroxylation is 2. The molecular formula is C44H68N7O17P3-4. The van der Waals surface area contributed by atoms with Gasteiger partial charge in [-0.15, -0.1) is 0 Å². The number of aliphatic hydroxyl groups excluding tert-OH is 2. The number of aliphatic hydroxyl groups is 2. The number of carbonyl (C=O) groups is 3. The number of ketones is 1. The van der Waals surface area contributed by atoms with Crippen LogP contribution in [-0.4, -0.2) is 98.0 Å². The van der Waals surface area contributed by atoms with Crippen molar-refractivity contribution < 1.29 is 80.5 Å². The van der Waals surface area contributed by atoms with Crippen molar-refractivity contribution in [3.8, 4) is 0 Å². The lowest BCUT2D eigenvalue weighted by molar-refractivity contribution is -0.347. The monoisotopic (exact) mass is 1060 g/mol. The van der Waals surface area contributed by atoms with Crippen LogP contribution in [0.2, 0.25) is 0 Å². The van der Waals surface area contributed by atoms with Crippen molar-refractivity contribution in [3.63, 3.8) is 0 Å². The van der Waals surface area contributed by atoms with Gasteiger partial charge in [-0.05, 0) is 60.5 Å². The van der Waals surface area contributed by atoms with E-state index in [0.29, 0.717) is 11.8 Å². The Morgan fingerprint density at radius 2 is 1.49 bits per heavy atom. The topological polar surface area (TPSA) is 375 Å². The van der Waals surface area contributed by atoms with Gasteiger partial charge in [-0.25, -0.2) is 19.3 Å². The highest BCUT2D eigenvalue weighted by atomic mass is 31.3. The maximum Gasteiger partial charge on any atom is 0.274 e. The third-order valence-electron chi connectivity index (χ3n) is 11.7. The fourth-order valence-electron chi connectivity index (χ4n) is 7.83. The van der Waals surface area contributed by atoms with Gasteiger partial charge in [-0.1, -0.05) is 85.6 Å². The zero-order valence-corrected chi connectivity index (χ0v) is 43.9. The molecule has 400 valence electrons. The van der Waals surface area contributed by atoms with Gasteiger partial charge in [0.15, 0.2) is 17.7 Å². The minimum absolute atomic E-state index is 0.00568. The van der Waals surface area contributed by atoms with Gasteiger partial charge in [0.25, 0.3) is 15.6 Å². The second-order valence-electron chi connectivity index (χ2n) is 20.4. The van der Waals surface area contributed by atoms with E-state index >= 15 is 0 Å². The number of hydrogen-bond acceptors (Lipinski definition) is 21. The number of hydrogen-bond donors (Lipinski definition) is 5. The number of imidazole rings is 1. The highest BCUT2D eigenvalue weighted by Gasteiger charge is 2.47. The van der Waals surface area contributed by atoms with Crippen LogP contribution >= 0.6 is 23.5 Å². The van der Waals surface area contributed by atoms with E-state index in [2.05, 4.69) is 102 Å². The second-order valence-corrected chi connectivity index (χ2v) is 24.5. The summed E-state index contributed by atoms with van der Waals surface area (Å²) in [7, 11) is -17.6. The fourth-order valence-corrected chi connectivity index (χ4v) is 10.6. The standard InChI is InChI=1S/C44H72N7O17P3/c1-42(2,3)19-10-8-13-29-15-12-16-30(23-29)14-9-11-20-43(4,5)24-31(52)17-21-46-33(53)18-22-47-40(56)37(55)44(6,7)26-65-71(62,63)68-70(60,61)64-25-32-36(67-69(57,58)59)35(54)41(66-32)51-28-50-34-38(45)48-27-49-39(34)51/h12,15-16,23,27-28,32,35-37,41,54-55H,8-11,13-14,17-22,24-26H2,1-7H3,(H,46,53)(H,47,56)(H,60,61)(H,62,63)(H2,45,48,49)(H2,57,58,59)/p-4. The minimum Gasteiger partial charge on any atom is -0.790 e. The number of phosphoric ester groups is 3. The molecule has 0 saturated carbocycles. The van der Waals surface area contributed by atoms with Crippen molar-refractivity contribution in [2.24, 2.45) is 16.2 Å². The molecular weight excluding hydrogens is 991 g/mol. The predicted octanol–water partition coefficient (Wildman–Crippen LogP) is 2.42. The molecule has 0 radical (unpaired) electrons. The first-order valence-electron chi connectivity index (χ1n) is 23.3. The number of phosphoric acid groups is 3. The Kier molecular flexibility index (Phi) is 21.6. The van der Waals surface area contributed by atoms with Gasteiger partial charge in [0.05, 0.1) is 27.4 Å². The summed E-state index contributed by atoms with van der Waals surface area (Å²) < 4.78 is 61.0. The molecule has 3 heterocycles. The fraction of sp³-hybridized carbons (Fsp3) is 0.682. The van der Waals surface area contributed by atoms with Crippen LogP contribution in [0.5, 0.6) is 0 Å². The van der Waals surface area contributed by atoms with Gasteiger partial charge in [0.2, 0.25) is 11.8 Å².